The van der Waals surface area contributed by atoms with Crippen molar-refractivity contribution in [3.05, 3.63) is 5.92 Å². The Labute approximate surface area is 57.7 Å². The molecule has 0 aromatic heterocycles. The van der Waals surface area contributed by atoms with E-state index in [1.54, 1.807) is 5.92 Å². The van der Waals surface area contributed by atoms with E-state index in [-0.39, 0.29) is 4.28 Å². The van der Waals surface area contributed by atoms with Gasteiger partial charge in [0, 0.05) is 0 Å². The average Bonchev–Trinajstić information content (AvgIpc) is 1.69. The minimum atomic E-state index is 0. The summed E-state index contributed by atoms with van der Waals surface area (Å²) in [5.41, 5.74) is 0. The van der Waals surface area contributed by atoms with Gasteiger partial charge in [-0.25, -0.2) is 0 Å². The van der Waals surface area contributed by atoms with Crippen molar-refractivity contribution in [2.75, 3.05) is 0 Å². The summed E-state index contributed by atoms with van der Waals surface area (Å²) in [6.45, 7) is 8.94. The van der Waals surface area contributed by atoms with Crippen LogP contribution in [0.3, 0.4) is 0 Å². The minimum absolute atomic E-state index is 0. The molecule has 0 rings (SSSR count). The lowest BCUT2D eigenvalue weighted by Crippen LogP contribution is -2.02. The van der Waals surface area contributed by atoms with Crippen molar-refractivity contribution in [1.82, 2.24) is 0 Å². The molecule has 0 saturated heterocycles. The van der Waals surface area contributed by atoms with Crippen LogP contribution in [-0.4, -0.2) is 0 Å². The van der Waals surface area contributed by atoms with E-state index in [9.17, 15) is 0 Å². The summed E-state index contributed by atoms with van der Waals surface area (Å²) < 4.78 is 0. The van der Waals surface area contributed by atoms with Crippen LogP contribution in [0.15, 0.2) is 0 Å². The van der Waals surface area contributed by atoms with E-state index in [1.807, 2.05) is 0 Å². The van der Waals surface area contributed by atoms with E-state index in [0.717, 1.165) is 5.92 Å². The third-order valence-corrected chi connectivity index (χ3v) is 1.80. The summed E-state index contributed by atoms with van der Waals surface area (Å²) in [4.78, 5) is 0. The Balaban J connectivity index is -0.0000000817. The molecule has 8 heavy (non-hydrogen) atoms. The van der Waals surface area contributed by atoms with Crippen LogP contribution in [-0.2, 0) is 0 Å². The topological polar surface area (TPSA) is 0 Å². The maximum absolute atomic E-state index is 2.25. The highest BCUT2D eigenvalue weighted by Crippen LogP contribution is 2.19. The van der Waals surface area contributed by atoms with Gasteiger partial charge < -0.3 is 0 Å². The molecule has 0 unspecified atom stereocenters. The van der Waals surface area contributed by atoms with Crippen LogP contribution < -0.4 is 0 Å². The number of hydrogen-bond donors (Lipinski definition) is 0. The van der Waals surface area contributed by atoms with Crippen LogP contribution in [0.1, 0.15) is 44.8 Å². The van der Waals surface area contributed by atoms with Crippen LogP contribution in [0.2, 0.25) is 0 Å². The molecule has 0 aliphatic rings. The molecule has 0 heterocycles. The lowest BCUT2D eigenvalue weighted by molar-refractivity contribution is 0.512. The summed E-state index contributed by atoms with van der Waals surface area (Å²) in [6, 6.07) is 0. The predicted octanol–water partition coefficient (Wildman–Crippen LogP) is 3.37. The zero-order valence-electron chi connectivity index (χ0n) is 9.49. The van der Waals surface area contributed by atoms with Gasteiger partial charge in [-0.05, 0) is 11.8 Å². The molecule has 0 aromatic rings. The van der Waals surface area contributed by atoms with Gasteiger partial charge in [-0.3, -0.25) is 0 Å². The van der Waals surface area contributed by atoms with Crippen molar-refractivity contribution < 1.29 is 4.28 Å². The Kier molecular flexibility index (Phi) is 3.94. The van der Waals surface area contributed by atoms with Crippen molar-refractivity contribution in [2.45, 2.75) is 40.5 Å². The third kappa shape index (κ3) is 2.34. The summed E-state index contributed by atoms with van der Waals surface area (Å²) in [5, 5.41) is 0. The molecule has 0 heteroatoms. The van der Waals surface area contributed by atoms with E-state index in [4.69, 9.17) is 0 Å². The standard InChI is InChI=1S/C8H17/c1-5-8(6-2)7(3)4/h8H,5-6H2,1-4H3/p+3. The molecule has 0 spiro atoms. The fourth-order valence-corrected chi connectivity index (χ4v) is 1.11. The highest BCUT2D eigenvalue weighted by molar-refractivity contribution is 4.84. The van der Waals surface area contributed by atoms with Gasteiger partial charge in [-0.15, -0.1) is 0 Å². The van der Waals surface area contributed by atoms with E-state index in [2.05, 4.69) is 27.7 Å². The normalized spacial score (nSPS) is 11.2. The molecule has 0 amide bonds. The molecule has 0 atom stereocenters. The second-order valence-corrected chi connectivity index (χ2v) is 2.59. The molecular weight excluding hydrogens is 96.1 g/mol. The Hall–Kier alpha value is 0. The minimum Gasteiger partial charge on any atom is -0.0651 e. The van der Waals surface area contributed by atoms with E-state index < -0.39 is 0 Å². The lowest BCUT2D eigenvalue weighted by Gasteiger charge is -2.14. The highest BCUT2D eigenvalue weighted by atomic mass is 14.1. The quantitative estimate of drug-likeness (QED) is 0.530. The molecule has 0 aromatic carbocycles. The van der Waals surface area contributed by atoms with Gasteiger partial charge in [0.25, 0.3) is 0 Å². The Morgan fingerprint density at radius 1 is 1.25 bits per heavy atom. The third-order valence-electron chi connectivity index (χ3n) is 1.80. The zero-order valence-corrected chi connectivity index (χ0v) is 6.49. The zero-order chi connectivity index (χ0) is 6.57. The maximum atomic E-state index is 2.25. The molecule has 0 saturated carbocycles. The average molecular weight is 116 g/mol. The smallest absolute Gasteiger partial charge is 0.0651 e. The van der Waals surface area contributed by atoms with E-state index in [0.29, 0.717) is 0 Å². The number of rotatable bonds is 3. The monoisotopic (exact) mass is 116 g/mol. The predicted molar refractivity (Wildman–Crippen MR) is 42.0 cm³/mol. The largest absolute Gasteiger partial charge is 1.00 e. The molecular formula is C8H20+3. The van der Waals surface area contributed by atoms with Gasteiger partial charge in [0.1, 0.15) is 0 Å². The van der Waals surface area contributed by atoms with Crippen molar-refractivity contribution >= 4 is 0 Å². The summed E-state index contributed by atoms with van der Waals surface area (Å²) in [7, 11) is 0. The van der Waals surface area contributed by atoms with Crippen LogP contribution in [0.4, 0.5) is 0 Å². The van der Waals surface area contributed by atoms with Gasteiger partial charge >= 0.3 is 4.28 Å². The molecule has 0 bridgehead atoms. The van der Waals surface area contributed by atoms with Crippen LogP contribution in [0, 0.1) is 11.8 Å². The van der Waals surface area contributed by atoms with Gasteiger partial charge in [-0.1, -0.05) is 40.5 Å². The first-order chi connectivity index (χ1) is 3.72. The van der Waals surface area contributed by atoms with Gasteiger partial charge in [0.15, 0.2) is 0 Å². The van der Waals surface area contributed by atoms with E-state index in [1.165, 1.54) is 12.8 Å². The van der Waals surface area contributed by atoms with Crippen molar-refractivity contribution in [1.29, 1.82) is 0 Å². The fraction of sp³-hybridized carbons (Fsp3) is 0.875. The van der Waals surface area contributed by atoms with Crippen molar-refractivity contribution in [2.24, 2.45) is 5.92 Å². The second-order valence-electron chi connectivity index (χ2n) is 2.59. The Bertz CT molecular complexity index is 51.3. The summed E-state index contributed by atoms with van der Waals surface area (Å²) in [6.07, 6.45) is 2.61. The molecule has 49 valence electrons. The molecule has 0 N–H and O–H groups in total. The fourth-order valence-electron chi connectivity index (χ4n) is 1.11. The van der Waals surface area contributed by atoms with Gasteiger partial charge in [0.05, 0.1) is 0 Å². The van der Waals surface area contributed by atoms with Crippen LogP contribution in [0.5, 0.6) is 0 Å². The van der Waals surface area contributed by atoms with Crippen molar-refractivity contribution in [3.8, 4) is 0 Å². The first kappa shape index (κ1) is 8.00. The Morgan fingerprint density at radius 3 is 1.62 bits per heavy atom. The summed E-state index contributed by atoms with van der Waals surface area (Å²) >= 11 is 0. The molecule has 0 nitrogen and oxygen atoms in total. The molecule has 0 fully saturated rings. The molecule has 0 aliphatic heterocycles. The molecule has 0 aliphatic carbocycles. The number of hydrogen-bond acceptors (Lipinski definition) is 0. The maximum Gasteiger partial charge on any atom is 1.00 e. The van der Waals surface area contributed by atoms with Crippen LogP contribution in [0.25, 0.3) is 0 Å². The van der Waals surface area contributed by atoms with Gasteiger partial charge in [0.2, 0.25) is 0 Å². The lowest BCUT2D eigenvalue weighted by atomic mass is 9.91. The SMILES string of the molecule is CCC(CC)[C](C)C.[H+].[H+].[H+]. The van der Waals surface area contributed by atoms with Crippen molar-refractivity contribution in [3.63, 3.8) is 0 Å². The van der Waals surface area contributed by atoms with E-state index >= 15 is 0 Å². The highest BCUT2D eigenvalue weighted by Gasteiger charge is 2.06. The van der Waals surface area contributed by atoms with Gasteiger partial charge in [-0.2, -0.15) is 0 Å². The summed E-state index contributed by atoms with van der Waals surface area (Å²) in [5.74, 6) is 2.45. The van der Waals surface area contributed by atoms with Crippen LogP contribution >= 0.6 is 0 Å². The first-order valence-corrected chi connectivity index (χ1v) is 3.52. The second kappa shape index (κ2) is 3.94. The first-order valence-electron chi connectivity index (χ1n) is 3.52. The molecule has 1 radical (unpaired) electrons. The Morgan fingerprint density at radius 2 is 1.62 bits per heavy atom.